The second-order valence-electron chi connectivity index (χ2n) is 8.99. The summed E-state index contributed by atoms with van der Waals surface area (Å²) in [4.78, 5) is 13.1. The van der Waals surface area contributed by atoms with E-state index in [4.69, 9.17) is 26.3 Å². The van der Waals surface area contributed by atoms with Crippen LogP contribution in [-0.2, 0) is 4.74 Å². The van der Waals surface area contributed by atoms with Crippen molar-refractivity contribution in [1.29, 1.82) is 0 Å². The van der Waals surface area contributed by atoms with Crippen LogP contribution in [0, 0.1) is 5.92 Å². The van der Waals surface area contributed by atoms with Gasteiger partial charge in [-0.2, -0.15) is 4.98 Å². The summed E-state index contributed by atoms with van der Waals surface area (Å²) in [6, 6.07) is 16.0. The lowest BCUT2D eigenvalue weighted by Gasteiger charge is -2.29. The molecule has 1 aromatic heterocycles. The summed E-state index contributed by atoms with van der Waals surface area (Å²) in [6.45, 7) is 4.30. The number of aromatic nitrogens is 2. The van der Waals surface area contributed by atoms with Crippen LogP contribution in [0.25, 0.3) is 10.9 Å². The highest BCUT2D eigenvalue weighted by Crippen LogP contribution is 2.27. The van der Waals surface area contributed by atoms with E-state index in [1.165, 1.54) is 43.4 Å². The van der Waals surface area contributed by atoms with Crippen molar-refractivity contribution in [1.82, 2.24) is 14.7 Å². The van der Waals surface area contributed by atoms with Gasteiger partial charge in [-0.3, -0.25) is 4.72 Å². The Kier molecular flexibility index (Phi) is 10.3. The molecule has 2 fully saturated rings. The minimum Gasteiger partial charge on any atom is -0.378 e. The van der Waals surface area contributed by atoms with Crippen molar-refractivity contribution in [3.05, 3.63) is 53.6 Å². The molecule has 2 aliphatic rings. The Labute approximate surface area is 218 Å². The maximum atomic E-state index is 5.68. The number of ether oxygens (including phenoxy) is 1. The van der Waals surface area contributed by atoms with Gasteiger partial charge in [0.25, 0.3) is 0 Å². The number of rotatable bonds is 6. The van der Waals surface area contributed by atoms with E-state index >= 15 is 0 Å². The Morgan fingerprint density at radius 3 is 2.40 bits per heavy atom. The topological polar surface area (TPSA) is 62.3 Å². The molecule has 1 aliphatic carbocycles. The predicted molar refractivity (Wildman–Crippen MR) is 149 cm³/mol. The normalized spacial score (nSPS) is 16.9. The molecule has 1 aliphatic heterocycles. The van der Waals surface area contributed by atoms with Gasteiger partial charge in [-0.25, -0.2) is 4.98 Å². The molecule has 1 saturated carbocycles. The van der Waals surface area contributed by atoms with Crippen molar-refractivity contribution >= 4 is 46.2 Å². The number of anilines is 2. The number of hydrogen-bond donors (Lipinski definition) is 2. The van der Waals surface area contributed by atoms with E-state index in [-0.39, 0.29) is 0 Å². The third-order valence-electron chi connectivity index (χ3n) is 6.45. The average molecular weight is 514 g/mol. The highest BCUT2D eigenvalue weighted by molar-refractivity contribution is 7.97. The number of nitrogens with one attached hydrogen (secondary N) is 2. The second kappa shape index (κ2) is 13.9. The van der Waals surface area contributed by atoms with E-state index in [2.05, 4.69) is 33.1 Å². The highest BCUT2D eigenvalue weighted by Gasteiger charge is 2.18. The number of fused-ring (bicyclic) bond motifs is 1. The van der Waals surface area contributed by atoms with Gasteiger partial charge in [0.2, 0.25) is 5.95 Å². The maximum Gasteiger partial charge on any atom is 0.225 e. The van der Waals surface area contributed by atoms with Crippen LogP contribution in [0.4, 0.5) is 11.8 Å². The Morgan fingerprint density at radius 1 is 0.971 bits per heavy atom. The molecule has 1 saturated heterocycles. The predicted octanol–water partition coefficient (Wildman–Crippen LogP) is 6.42. The number of morpholine rings is 1. The Morgan fingerprint density at radius 2 is 1.69 bits per heavy atom. The molecule has 2 N–H and O–H groups in total. The summed E-state index contributed by atoms with van der Waals surface area (Å²) in [5, 5.41) is 5.44. The number of hydrogen-bond acceptors (Lipinski definition) is 7. The van der Waals surface area contributed by atoms with Gasteiger partial charge in [-0.15, -0.1) is 0 Å². The van der Waals surface area contributed by atoms with Gasteiger partial charge >= 0.3 is 0 Å². The van der Waals surface area contributed by atoms with E-state index in [1.807, 2.05) is 37.4 Å². The van der Waals surface area contributed by atoms with Crippen LogP contribution in [0.5, 0.6) is 0 Å². The summed E-state index contributed by atoms with van der Waals surface area (Å²) < 4.78 is 8.48. The number of halogens is 1. The van der Waals surface area contributed by atoms with Gasteiger partial charge in [0.1, 0.15) is 5.82 Å². The molecule has 0 spiro atoms. The summed E-state index contributed by atoms with van der Waals surface area (Å²) in [5.74, 6) is 2.56. The summed E-state index contributed by atoms with van der Waals surface area (Å²) >= 11 is 7.26. The molecule has 35 heavy (non-hydrogen) atoms. The molecule has 0 atom stereocenters. The van der Waals surface area contributed by atoms with Gasteiger partial charge < -0.3 is 15.0 Å². The molecule has 0 bridgehead atoms. The van der Waals surface area contributed by atoms with Crippen LogP contribution in [0.15, 0.2) is 53.4 Å². The first kappa shape index (κ1) is 26.0. The first-order valence-corrected chi connectivity index (χ1v) is 13.8. The molecule has 0 radical (unpaired) electrons. The smallest absolute Gasteiger partial charge is 0.225 e. The minimum absolute atomic E-state index is 0.754. The lowest BCUT2D eigenvalue weighted by atomic mass is 10.0. The zero-order chi connectivity index (χ0) is 24.3. The van der Waals surface area contributed by atoms with Crippen molar-refractivity contribution in [2.45, 2.75) is 43.4 Å². The largest absolute Gasteiger partial charge is 0.378 e. The number of para-hydroxylation sites is 1. The molecule has 0 unspecified atom stereocenters. The van der Waals surface area contributed by atoms with Crippen LogP contribution in [0.2, 0.25) is 5.02 Å². The third-order valence-corrected chi connectivity index (χ3v) is 7.41. The van der Waals surface area contributed by atoms with Crippen molar-refractivity contribution in [3.63, 3.8) is 0 Å². The molecule has 8 heteroatoms. The first-order chi connectivity index (χ1) is 17.2. The quantitative estimate of drug-likeness (QED) is 0.291. The number of benzene rings is 2. The van der Waals surface area contributed by atoms with Gasteiger partial charge in [-0.05, 0) is 74.2 Å². The molecule has 0 amide bonds. The first-order valence-electron chi connectivity index (χ1n) is 12.7. The fourth-order valence-electron chi connectivity index (χ4n) is 4.58. The molecule has 3 aromatic rings. The molecule has 2 heterocycles. The Bertz CT molecular complexity index is 1040. The van der Waals surface area contributed by atoms with Crippen LogP contribution >= 0.6 is 23.5 Å². The van der Waals surface area contributed by atoms with Crippen LogP contribution in [0.3, 0.4) is 0 Å². The maximum absolute atomic E-state index is 5.68. The Hall–Kier alpha value is -2.06. The number of nitrogens with zero attached hydrogens (tertiary/aromatic N) is 3. The lowest BCUT2D eigenvalue weighted by molar-refractivity contribution is 0.122. The monoisotopic (exact) mass is 513 g/mol. The lowest BCUT2D eigenvalue weighted by Crippen LogP contribution is -2.37. The fraction of sp³-hybridized carbons (Fsp3) is 0.481. The summed E-state index contributed by atoms with van der Waals surface area (Å²) in [5.41, 5.74) is 1.02. The molecule has 188 valence electrons. The molecular weight excluding hydrogens is 478 g/mol. The Balaban J connectivity index is 0.000000243. The van der Waals surface area contributed by atoms with E-state index in [1.54, 1.807) is 11.9 Å². The van der Waals surface area contributed by atoms with Gasteiger partial charge in [-0.1, -0.05) is 49.4 Å². The highest BCUT2D eigenvalue weighted by atomic mass is 35.5. The van der Waals surface area contributed by atoms with Gasteiger partial charge in [0, 0.05) is 34.9 Å². The second-order valence-corrected chi connectivity index (χ2v) is 10.5. The van der Waals surface area contributed by atoms with E-state index in [9.17, 15) is 0 Å². The van der Waals surface area contributed by atoms with Crippen LogP contribution < -0.4 is 14.9 Å². The van der Waals surface area contributed by atoms with Crippen molar-refractivity contribution in [2.75, 3.05) is 50.1 Å². The van der Waals surface area contributed by atoms with Crippen LogP contribution in [-0.4, -0.2) is 49.9 Å². The molecule has 2 aromatic carbocycles. The van der Waals surface area contributed by atoms with Gasteiger partial charge in [0.15, 0.2) is 0 Å². The van der Waals surface area contributed by atoms with E-state index in [0.717, 1.165) is 66.5 Å². The minimum atomic E-state index is 0.754. The summed E-state index contributed by atoms with van der Waals surface area (Å²) in [6.07, 6.45) is 8.18. The van der Waals surface area contributed by atoms with Gasteiger partial charge in [0.05, 0.1) is 18.7 Å². The molecule has 5 rings (SSSR count). The standard InChI is InChI=1S/C20H28N4O.C7H8ClNS/c1-2-4-8-16(7-3-1)15-21-20-22-18-10-6-5-9-17(18)19(23-20)24-11-13-25-14-12-24;1-9-10-7-4-2-6(8)3-5-7/h5-6,9-10,16H,1-4,7-8,11-15H2,(H,21,22,23);2-5,9H,1H3. The zero-order valence-electron chi connectivity index (χ0n) is 20.5. The average Bonchev–Trinajstić information content (AvgIpc) is 3.18. The van der Waals surface area contributed by atoms with Crippen LogP contribution in [0.1, 0.15) is 38.5 Å². The van der Waals surface area contributed by atoms with Crippen molar-refractivity contribution < 1.29 is 4.74 Å². The SMILES string of the molecule is CNSc1ccc(Cl)cc1.c1ccc2c(N3CCOCC3)nc(NCC3CCCCCC3)nc2c1. The fourth-order valence-corrected chi connectivity index (χ4v) is 5.21. The third kappa shape index (κ3) is 7.97. The zero-order valence-corrected chi connectivity index (χ0v) is 22.1. The molecular formula is C27H36ClN5OS. The van der Waals surface area contributed by atoms with Crippen molar-refractivity contribution in [2.24, 2.45) is 5.92 Å². The summed E-state index contributed by atoms with van der Waals surface area (Å²) in [7, 11) is 1.89. The van der Waals surface area contributed by atoms with E-state index < -0.39 is 0 Å². The van der Waals surface area contributed by atoms with Crippen molar-refractivity contribution in [3.8, 4) is 0 Å². The molecule has 6 nitrogen and oxygen atoms in total. The van der Waals surface area contributed by atoms with E-state index in [0.29, 0.717) is 0 Å².